The summed E-state index contributed by atoms with van der Waals surface area (Å²) in [4.78, 5) is 0. The van der Waals surface area contributed by atoms with Crippen LogP contribution in [0.3, 0.4) is 0 Å². The van der Waals surface area contributed by atoms with Crippen molar-refractivity contribution in [1.29, 1.82) is 0 Å². The standard InChI is InChI=1S/C34H58O13S/c1-17(2)19(15-35)8-7-18(3)25-27(39)28(47-48(41,42)43)30-33(25,5)12-10-24-32(4)11-9-20(13-21(32)22(36)14-34(24,30)40)46-31-29(44-6)26(38)23(37)16-45-31/h7-8,17-31,35-40H,9-16H2,1-6H3,(H,41,42,43). The van der Waals surface area contributed by atoms with Crippen molar-refractivity contribution in [2.75, 3.05) is 20.3 Å². The van der Waals surface area contributed by atoms with Gasteiger partial charge in [-0.15, -0.1) is 0 Å². The van der Waals surface area contributed by atoms with Gasteiger partial charge in [-0.05, 0) is 72.5 Å². The molecule has 0 bridgehead atoms. The first-order valence-electron chi connectivity index (χ1n) is 17.5. The Morgan fingerprint density at radius 3 is 2.23 bits per heavy atom. The molecule has 13 nitrogen and oxygen atoms in total. The predicted molar refractivity (Wildman–Crippen MR) is 172 cm³/mol. The number of hydrogen-bond acceptors (Lipinski definition) is 12. The summed E-state index contributed by atoms with van der Waals surface area (Å²) in [6.07, 6.45) is -1.75. The van der Waals surface area contributed by atoms with Crippen molar-refractivity contribution >= 4 is 10.4 Å². The molecule has 0 amide bonds. The summed E-state index contributed by atoms with van der Waals surface area (Å²) >= 11 is 0. The third-order valence-corrected chi connectivity index (χ3v) is 13.8. The van der Waals surface area contributed by atoms with Crippen LogP contribution in [0.15, 0.2) is 12.2 Å². The first-order chi connectivity index (χ1) is 22.3. The number of aliphatic hydroxyl groups is 6. The molecule has 7 N–H and O–H groups in total. The van der Waals surface area contributed by atoms with E-state index in [0.717, 1.165) is 0 Å². The summed E-state index contributed by atoms with van der Waals surface area (Å²) in [6.45, 7) is 9.77. The van der Waals surface area contributed by atoms with Crippen LogP contribution in [0.25, 0.3) is 0 Å². The highest BCUT2D eigenvalue weighted by atomic mass is 32.3. The summed E-state index contributed by atoms with van der Waals surface area (Å²) in [7, 11) is -3.61. The normalized spacial score (nSPS) is 49.4. The highest BCUT2D eigenvalue weighted by molar-refractivity contribution is 7.80. The molecule has 14 heteroatoms. The molecule has 5 rings (SSSR count). The molecule has 0 aromatic heterocycles. The maximum Gasteiger partial charge on any atom is 0.397 e. The first-order valence-corrected chi connectivity index (χ1v) is 18.9. The number of allylic oxidation sites excluding steroid dienone is 1. The number of fused-ring (bicyclic) bond motifs is 5. The molecule has 1 saturated heterocycles. The van der Waals surface area contributed by atoms with Crippen molar-refractivity contribution in [3.8, 4) is 0 Å². The van der Waals surface area contributed by atoms with Gasteiger partial charge in [0.25, 0.3) is 0 Å². The van der Waals surface area contributed by atoms with Crippen LogP contribution >= 0.6 is 0 Å². The van der Waals surface area contributed by atoms with Crippen LogP contribution in [0.4, 0.5) is 0 Å². The number of rotatable bonds is 10. The van der Waals surface area contributed by atoms with Crippen LogP contribution < -0.4 is 0 Å². The second kappa shape index (κ2) is 14.0. The van der Waals surface area contributed by atoms with E-state index in [1.807, 2.05) is 39.8 Å². The van der Waals surface area contributed by atoms with E-state index in [-0.39, 0.29) is 55.3 Å². The van der Waals surface area contributed by atoms with Crippen LogP contribution in [0.2, 0.25) is 0 Å². The molecule has 0 aromatic carbocycles. The second-order valence-corrected chi connectivity index (χ2v) is 17.3. The van der Waals surface area contributed by atoms with Gasteiger partial charge in [-0.25, -0.2) is 4.18 Å². The fraction of sp³-hybridized carbons (Fsp3) is 0.941. The Kier molecular flexibility index (Phi) is 11.2. The van der Waals surface area contributed by atoms with Gasteiger partial charge >= 0.3 is 10.4 Å². The number of hydrogen-bond donors (Lipinski definition) is 7. The predicted octanol–water partition coefficient (Wildman–Crippen LogP) is 1.43. The van der Waals surface area contributed by atoms with Crippen LogP contribution in [0.1, 0.15) is 73.1 Å². The monoisotopic (exact) mass is 706 g/mol. The Hall–Kier alpha value is -0.750. The van der Waals surface area contributed by atoms with E-state index in [1.165, 1.54) is 7.11 Å². The van der Waals surface area contributed by atoms with Gasteiger partial charge in [-0.2, -0.15) is 8.42 Å². The lowest BCUT2D eigenvalue weighted by Gasteiger charge is -2.66. The van der Waals surface area contributed by atoms with E-state index in [1.54, 1.807) is 0 Å². The smallest absolute Gasteiger partial charge is 0.396 e. The van der Waals surface area contributed by atoms with Crippen molar-refractivity contribution in [2.45, 2.75) is 128 Å². The summed E-state index contributed by atoms with van der Waals surface area (Å²) in [5.41, 5.74) is -3.03. The maximum atomic E-state index is 12.9. The summed E-state index contributed by atoms with van der Waals surface area (Å²) < 4.78 is 56.9. The first kappa shape index (κ1) is 38.5. The van der Waals surface area contributed by atoms with Gasteiger partial charge in [0.2, 0.25) is 0 Å². The van der Waals surface area contributed by atoms with E-state index < -0.39 is 81.6 Å². The number of methoxy groups -OCH3 is 1. The molecule has 17 unspecified atom stereocenters. The molecule has 5 aliphatic rings. The van der Waals surface area contributed by atoms with E-state index in [4.69, 9.17) is 18.4 Å². The molecule has 1 aliphatic heterocycles. The Morgan fingerprint density at radius 2 is 1.62 bits per heavy atom. The van der Waals surface area contributed by atoms with Gasteiger partial charge in [0.1, 0.15) is 24.4 Å². The lowest BCUT2D eigenvalue weighted by atomic mass is 9.42. The highest BCUT2D eigenvalue weighted by Crippen LogP contribution is 2.70. The van der Waals surface area contributed by atoms with Crippen LogP contribution in [-0.2, 0) is 28.8 Å². The van der Waals surface area contributed by atoms with Gasteiger partial charge in [-0.3, -0.25) is 4.55 Å². The van der Waals surface area contributed by atoms with Crippen molar-refractivity contribution < 1.29 is 62.0 Å². The minimum atomic E-state index is -5.02. The molecule has 4 aliphatic carbocycles. The highest BCUT2D eigenvalue weighted by Gasteiger charge is 2.73. The molecule has 1 heterocycles. The SMILES string of the molecule is COC1C(OC2CCC3(C)C(C2)C(O)CC2(O)C3CCC3(C)C(C(C)C=CC(CO)C(C)C)C(O)C(OS(=O)(=O)O)C32)OCC(O)C1O. The van der Waals surface area contributed by atoms with E-state index >= 15 is 0 Å². The molecule has 5 fully saturated rings. The zero-order chi connectivity index (χ0) is 35.6. The molecule has 0 radical (unpaired) electrons. The Balaban J connectivity index is 1.43. The van der Waals surface area contributed by atoms with Crippen molar-refractivity contribution in [2.24, 2.45) is 52.3 Å². The van der Waals surface area contributed by atoms with E-state index in [2.05, 4.69) is 6.92 Å². The Bertz CT molecular complexity index is 1260. The van der Waals surface area contributed by atoms with Crippen molar-refractivity contribution in [3.63, 3.8) is 0 Å². The van der Waals surface area contributed by atoms with E-state index in [0.29, 0.717) is 32.1 Å². The zero-order valence-corrected chi connectivity index (χ0v) is 29.8. The van der Waals surface area contributed by atoms with E-state index in [9.17, 15) is 43.6 Å². The summed E-state index contributed by atoms with van der Waals surface area (Å²) in [5.74, 6) is -2.36. The Labute approximate surface area is 284 Å². The van der Waals surface area contributed by atoms with Crippen molar-refractivity contribution in [1.82, 2.24) is 0 Å². The molecule has 0 spiro atoms. The minimum absolute atomic E-state index is 0.0425. The molecule has 0 aromatic rings. The molecular weight excluding hydrogens is 648 g/mol. The molecule has 17 atom stereocenters. The minimum Gasteiger partial charge on any atom is -0.396 e. The lowest BCUT2D eigenvalue weighted by Crippen LogP contribution is -2.69. The van der Waals surface area contributed by atoms with Gasteiger partial charge in [0, 0.05) is 32.0 Å². The molecule has 48 heavy (non-hydrogen) atoms. The molecule has 278 valence electrons. The fourth-order valence-electron chi connectivity index (χ4n) is 11.0. The molecular formula is C34H58O13S. The largest absolute Gasteiger partial charge is 0.397 e. The van der Waals surface area contributed by atoms with Crippen LogP contribution in [0.5, 0.6) is 0 Å². The Morgan fingerprint density at radius 1 is 0.958 bits per heavy atom. The zero-order valence-electron chi connectivity index (χ0n) is 29.0. The summed E-state index contributed by atoms with van der Waals surface area (Å²) in [5, 5.41) is 66.8. The number of aliphatic hydroxyl groups excluding tert-OH is 5. The third-order valence-electron chi connectivity index (χ3n) is 13.3. The third kappa shape index (κ3) is 6.67. The fourth-order valence-corrected chi connectivity index (χ4v) is 11.5. The number of ether oxygens (including phenoxy) is 3. The average molecular weight is 707 g/mol. The van der Waals surface area contributed by atoms with Crippen LogP contribution in [0, 0.1) is 52.3 Å². The second-order valence-electron chi connectivity index (χ2n) is 16.3. The quantitative estimate of drug-likeness (QED) is 0.0975. The maximum absolute atomic E-state index is 12.9. The van der Waals surface area contributed by atoms with Crippen molar-refractivity contribution in [3.05, 3.63) is 12.2 Å². The van der Waals surface area contributed by atoms with Gasteiger partial charge in [0.05, 0.1) is 30.5 Å². The topological polar surface area (TPSA) is 213 Å². The summed E-state index contributed by atoms with van der Waals surface area (Å²) in [6, 6.07) is 0. The van der Waals surface area contributed by atoms with Gasteiger partial charge in [0.15, 0.2) is 6.29 Å². The lowest BCUT2D eigenvalue weighted by molar-refractivity contribution is -0.303. The average Bonchev–Trinajstić information content (AvgIpc) is 3.20. The van der Waals surface area contributed by atoms with Gasteiger partial charge in [-0.1, -0.05) is 46.8 Å². The van der Waals surface area contributed by atoms with Gasteiger partial charge < -0.3 is 44.8 Å². The molecule has 4 saturated carbocycles. The van der Waals surface area contributed by atoms with Crippen LogP contribution in [-0.4, -0.2) is 119 Å².